The molecule has 0 saturated heterocycles. The first-order chi connectivity index (χ1) is 11.4. The molecule has 1 aromatic heterocycles. The summed E-state index contributed by atoms with van der Waals surface area (Å²) < 4.78 is 9.72. The lowest BCUT2D eigenvalue weighted by Crippen LogP contribution is -2.11. The second-order valence-corrected chi connectivity index (χ2v) is 6.09. The highest BCUT2D eigenvalue weighted by Crippen LogP contribution is 2.33. The molecule has 0 unspecified atom stereocenters. The van der Waals surface area contributed by atoms with E-state index < -0.39 is 11.9 Å². The van der Waals surface area contributed by atoms with Crippen molar-refractivity contribution in [2.75, 3.05) is 19.5 Å². The van der Waals surface area contributed by atoms with Crippen LogP contribution in [0.4, 0.5) is 5.00 Å². The van der Waals surface area contributed by atoms with E-state index in [0.717, 1.165) is 11.3 Å². The Hall–Kier alpha value is -2.56. The largest absolute Gasteiger partial charge is 0.495 e. The van der Waals surface area contributed by atoms with E-state index in [1.165, 1.54) is 20.3 Å². The van der Waals surface area contributed by atoms with Gasteiger partial charge in [-0.25, -0.2) is 4.79 Å². The number of esters is 1. The first-order valence-corrected chi connectivity index (χ1v) is 7.89. The lowest BCUT2D eigenvalue weighted by molar-refractivity contribution is 0.0605. The molecule has 1 N–H and O–H groups in total. The fraction of sp³-hybridized carbons (Fsp3) is 0.188. The summed E-state index contributed by atoms with van der Waals surface area (Å²) in [6, 6.07) is 6.57. The number of ether oxygens (including phenoxy) is 2. The summed E-state index contributed by atoms with van der Waals surface area (Å²) in [5.41, 5.74) is 1.00. The van der Waals surface area contributed by atoms with Gasteiger partial charge < -0.3 is 14.8 Å². The van der Waals surface area contributed by atoms with Crippen LogP contribution in [0, 0.1) is 18.3 Å². The molecule has 0 aliphatic heterocycles. The smallest absolute Gasteiger partial charge is 0.348 e. The number of nitriles is 1. The fourth-order valence-corrected chi connectivity index (χ4v) is 3.33. The van der Waals surface area contributed by atoms with E-state index in [0.29, 0.717) is 21.9 Å². The van der Waals surface area contributed by atoms with Crippen molar-refractivity contribution in [3.8, 4) is 11.8 Å². The first kappa shape index (κ1) is 17.8. The number of anilines is 1. The Morgan fingerprint density at radius 3 is 2.58 bits per heavy atom. The molecule has 6 nitrogen and oxygen atoms in total. The van der Waals surface area contributed by atoms with E-state index >= 15 is 0 Å². The Balaban J connectivity index is 2.34. The molecule has 0 bridgehead atoms. The highest BCUT2D eigenvalue weighted by atomic mass is 35.5. The molecular formula is C16H13ClN2O4S. The van der Waals surface area contributed by atoms with Crippen LogP contribution < -0.4 is 10.1 Å². The van der Waals surface area contributed by atoms with Gasteiger partial charge in [0, 0.05) is 5.56 Å². The third kappa shape index (κ3) is 3.35. The summed E-state index contributed by atoms with van der Waals surface area (Å²) in [7, 11) is 2.73. The molecule has 0 radical (unpaired) electrons. The number of methoxy groups -OCH3 is 2. The van der Waals surface area contributed by atoms with Crippen LogP contribution in [0.3, 0.4) is 0 Å². The van der Waals surface area contributed by atoms with Gasteiger partial charge in [-0.1, -0.05) is 11.6 Å². The molecule has 0 spiro atoms. The summed E-state index contributed by atoms with van der Waals surface area (Å²) in [5, 5.41) is 12.5. The monoisotopic (exact) mass is 364 g/mol. The van der Waals surface area contributed by atoms with Crippen molar-refractivity contribution in [1.29, 1.82) is 5.26 Å². The number of thiophene rings is 1. The van der Waals surface area contributed by atoms with Crippen LogP contribution in [0.5, 0.6) is 5.75 Å². The van der Waals surface area contributed by atoms with Gasteiger partial charge in [0.15, 0.2) is 0 Å². The standard InChI is InChI=1S/C16H13ClN2O4S/c1-8-10(7-18)15(24-13(8)16(21)23-3)19-14(20)9-4-5-12(22-2)11(17)6-9/h4-6H,1-3H3,(H,19,20). The van der Waals surface area contributed by atoms with Gasteiger partial charge in [0.2, 0.25) is 0 Å². The number of carbonyl (C=O) groups excluding carboxylic acids is 2. The van der Waals surface area contributed by atoms with E-state index in [9.17, 15) is 14.9 Å². The fourth-order valence-electron chi connectivity index (χ4n) is 2.01. The SMILES string of the molecule is COC(=O)c1sc(NC(=O)c2ccc(OC)c(Cl)c2)c(C#N)c1C. The van der Waals surface area contributed by atoms with Crippen molar-refractivity contribution in [2.24, 2.45) is 0 Å². The van der Waals surface area contributed by atoms with Crippen LogP contribution in [0.2, 0.25) is 5.02 Å². The molecule has 8 heteroatoms. The third-order valence-electron chi connectivity index (χ3n) is 3.27. The minimum absolute atomic E-state index is 0.230. The van der Waals surface area contributed by atoms with Crippen LogP contribution in [0.15, 0.2) is 18.2 Å². The Morgan fingerprint density at radius 2 is 2.04 bits per heavy atom. The van der Waals surface area contributed by atoms with Crippen molar-refractivity contribution in [1.82, 2.24) is 0 Å². The molecule has 1 heterocycles. The minimum Gasteiger partial charge on any atom is -0.495 e. The molecule has 0 saturated carbocycles. The summed E-state index contributed by atoms with van der Waals surface area (Å²) in [5.74, 6) is -0.554. The summed E-state index contributed by atoms with van der Waals surface area (Å²) in [6.45, 7) is 1.63. The average molecular weight is 365 g/mol. The highest BCUT2D eigenvalue weighted by Gasteiger charge is 2.22. The number of benzene rings is 1. The van der Waals surface area contributed by atoms with E-state index in [1.54, 1.807) is 19.1 Å². The molecule has 0 atom stereocenters. The molecule has 1 amide bonds. The Labute approximate surface area is 147 Å². The number of nitrogens with zero attached hydrogens (tertiary/aromatic N) is 1. The average Bonchev–Trinajstić information content (AvgIpc) is 2.89. The van der Waals surface area contributed by atoms with Gasteiger partial charge in [-0.2, -0.15) is 5.26 Å². The zero-order valence-corrected chi connectivity index (χ0v) is 14.7. The Kier molecular flexibility index (Phi) is 5.44. The second kappa shape index (κ2) is 7.34. The summed E-state index contributed by atoms with van der Waals surface area (Å²) >= 11 is 7.00. The molecule has 24 heavy (non-hydrogen) atoms. The molecule has 0 aliphatic rings. The topological polar surface area (TPSA) is 88.4 Å². The van der Waals surface area contributed by atoms with Gasteiger partial charge in [0.25, 0.3) is 5.91 Å². The molecule has 0 aliphatic carbocycles. The number of hydrogen-bond acceptors (Lipinski definition) is 6. The van der Waals surface area contributed by atoms with E-state index in [-0.39, 0.29) is 15.4 Å². The second-order valence-electron chi connectivity index (χ2n) is 4.67. The van der Waals surface area contributed by atoms with E-state index in [4.69, 9.17) is 16.3 Å². The Morgan fingerprint density at radius 1 is 1.33 bits per heavy atom. The summed E-state index contributed by atoms with van der Waals surface area (Å²) in [6.07, 6.45) is 0. The van der Waals surface area contributed by atoms with Gasteiger partial charge in [-0.15, -0.1) is 11.3 Å². The zero-order valence-electron chi connectivity index (χ0n) is 13.1. The number of nitrogens with one attached hydrogen (secondary N) is 1. The normalized spacial score (nSPS) is 9.96. The maximum atomic E-state index is 12.4. The van der Waals surface area contributed by atoms with Gasteiger partial charge in [-0.05, 0) is 30.7 Å². The predicted octanol–water partition coefficient (Wildman–Crippen LogP) is 3.63. The first-order valence-electron chi connectivity index (χ1n) is 6.69. The van der Waals surface area contributed by atoms with Gasteiger partial charge in [0.05, 0.1) is 24.8 Å². The van der Waals surface area contributed by atoms with Crippen molar-refractivity contribution in [2.45, 2.75) is 6.92 Å². The number of carbonyl (C=O) groups is 2. The predicted molar refractivity (Wildman–Crippen MR) is 91.1 cm³/mol. The lowest BCUT2D eigenvalue weighted by Gasteiger charge is -2.06. The minimum atomic E-state index is -0.554. The molecule has 124 valence electrons. The van der Waals surface area contributed by atoms with E-state index in [1.807, 2.05) is 6.07 Å². The van der Waals surface area contributed by atoms with Crippen molar-refractivity contribution >= 4 is 39.8 Å². The lowest BCUT2D eigenvalue weighted by atomic mass is 10.1. The van der Waals surface area contributed by atoms with Crippen LogP contribution in [-0.2, 0) is 4.74 Å². The highest BCUT2D eigenvalue weighted by molar-refractivity contribution is 7.18. The molecule has 2 rings (SSSR count). The molecule has 2 aromatic rings. The number of hydrogen-bond donors (Lipinski definition) is 1. The van der Waals surface area contributed by atoms with Crippen molar-refractivity contribution in [3.05, 3.63) is 44.8 Å². The number of halogens is 1. The van der Waals surface area contributed by atoms with E-state index in [2.05, 4.69) is 10.1 Å². The van der Waals surface area contributed by atoms with Gasteiger partial charge in [0.1, 0.15) is 21.7 Å². The third-order valence-corrected chi connectivity index (χ3v) is 4.75. The van der Waals surface area contributed by atoms with Crippen molar-refractivity contribution in [3.63, 3.8) is 0 Å². The Bertz CT molecular complexity index is 854. The van der Waals surface area contributed by atoms with Crippen LogP contribution in [0.25, 0.3) is 0 Å². The molecule has 0 fully saturated rings. The molecule has 1 aromatic carbocycles. The van der Waals surface area contributed by atoms with Crippen LogP contribution in [-0.4, -0.2) is 26.1 Å². The van der Waals surface area contributed by atoms with Gasteiger partial charge >= 0.3 is 5.97 Å². The van der Waals surface area contributed by atoms with Gasteiger partial charge in [-0.3, -0.25) is 4.79 Å². The zero-order chi connectivity index (χ0) is 17.9. The van der Waals surface area contributed by atoms with Crippen LogP contribution in [0.1, 0.15) is 31.2 Å². The maximum absolute atomic E-state index is 12.4. The van der Waals surface area contributed by atoms with Crippen molar-refractivity contribution < 1.29 is 19.1 Å². The molecular weight excluding hydrogens is 352 g/mol. The number of rotatable bonds is 4. The number of amides is 1. The quantitative estimate of drug-likeness (QED) is 0.837. The van der Waals surface area contributed by atoms with Crippen LogP contribution >= 0.6 is 22.9 Å². The summed E-state index contributed by atoms with van der Waals surface area (Å²) in [4.78, 5) is 24.4. The maximum Gasteiger partial charge on any atom is 0.348 e.